The standard InChI is InChI=1S/C14H19BrN4/c1-2-8-19-14(12(15)10-18-19)13(16)6-5-11-4-3-7-17-9-11/h3-4,7,9-10,13H,2,5-6,8,16H2,1H3. The highest BCUT2D eigenvalue weighted by molar-refractivity contribution is 9.10. The first-order chi connectivity index (χ1) is 9.22. The van der Waals surface area contributed by atoms with E-state index in [1.807, 2.05) is 23.1 Å². The van der Waals surface area contributed by atoms with Crippen LogP contribution in [0.3, 0.4) is 0 Å². The van der Waals surface area contributed by atoms with Crippen LogP contribution in [0.15, 0.2) is 35.2 Å². The van der Waals surface area contributed by atoms with Crippen molar-refractivity contribution in [3.05, 3.63) is 46.5 Å². The molecule has 2 heterocycles. The molecule has 4 nitrogen and oxygen atoms in total. The summed E-state index contributed by atoms with van der Waals surface area (Å²) < 4.78 is 3.00. The van der Waals surface area contributed by atoms with Crippen LogP contribution in [0.25, 0.3) is 0 Å². The number of rotatable bonds is 6. The lowest BCUT2D eigenvalue weighted by molar-refractivity contribution is 0.521. The normalized spacial score (nSPS) is 12.6. The van der Waals surface area contributed by atoms with Crippen molar-refractivity contribution in [3.63, 3.8) is 0 Å². The zero-order valence-corrected chi connectivity index (χ0v) is 12.7. The highest BCUT2D eigenvalue weighted by Gasteiger charge is 2.16. The van der Waals surface area contributed by atoms with E-state index < -0.39 is 0 Å². The SMILES string of the molecule is CCCn1ncc(Br)c1C(N)CCc1cccnc1. The monoisotopic (exact) mass is 322 g/mol. The molecule has 0 bridgehead atoms. The second-order valence-corrected chi connectivity index (χ2v) is 5.46. The van der Waals surface area contributed by atoms with Crippen LogP contribution in [0.5, 0.6) is 0 Å². The second-order valence-electron chi connectivity index (χ2n) is 4.61. The van der Waals surface area contributed by atoms with Gasteiger partial charge >= 0.3 is 0 Å². The van der Waals surface area contributed by atoms with Gasteiger partial charge in [0.25, 0.3) is 0 Å². The molecule has 1 atom stereocenters. The molecule has 0 aliphatic carbocycles. The minimum absolute atomic E-state index is 0.0105. The van der Waals surface area contributed by atoms with E-state index >= 15 is 0 Å². The second kappa shape index (κ2) is 6.82. The van der Waals surface area contributed by atoms with E-state index in [0.29, 0.717) is 0 Å². The minimum atomic E-state index is -0.0105. The van der Waals surface area contributed by atoms with Gasteiger partial charge in [-0.1, -0.05) is 13.0 Å². The number of pyridine rings is 1. The van der Waals surface area contributed by atoms with Crippen molar-refractivity contribution in [2.45, 2.75) is 38.8 Å². The van der Waals surface area contributed by atoms with Gasteiger partial charge in [0.15, 0.2) is 0 Å². The molecule has 0 spiro atoms. The summed E-state index contributed by atoms with van der Waals surface area (Å²) in [5, 5.41) is 4.36. The molecule has 0 saturated heterocycles. The molecule has 2 N–H and O–H groups in total. The van der Waals surface area contributed by atoms with E-state index in [9.17, 15) is 0 Å². The van der Waals surface area contributed by atoms with Gasteiger partial charge in [0.1, 0.15) is 0 Å². The Labute approximate surface area is 122 Å². The predicted molar refractivity (Wildman–Crippen MR) is 79.7 cm³/mol. The van der Waals surface area contributed by atoms with Crippen molar-refractivity contribution in [2.75, 3.05) is 0 Å². The Kier molecular flexibility index (Phi) is 5.10. The fourth-order valence-corrected chi connectivity index (χ4v) is 2.73. The fourth-order valence-electron chi connectivity index (χ4n) is 2.14. The third kappa shape index (κ3) is 3.64. The largest absolute Gasteiger partial charge is 0.323 e. The van der Waals surface area contributed by atoms with Gasteiger partial charge in [-0.3, -0.25) is 9.67 Å². The highest BCUT2D eigenvalue weighted by atomic mass is 79.9. The van der Waals surface area contributed by atoms with Crippen molar-refractivity contribution in [1.82, 2.24) is 14.8 Å². The molecule has 2 aromatic rings. The zero-order valence-electron chi connectivity index (χ0n) is 11.1. The molecule has 5 heteroatoms. The van der Waals surface area contributed by atoms with E-state index in [0.717, 1.165) is 36.0 Å². The summed E-state index contributed by atoms with van der Waals surface area (Å²) >= 11 is 3.54. The Hall–Kier alpha value is -1.20. The number of aromatic nitrogens is 3. The summed E-state index contributed by atoms with van der Waals surface area (Å²) in [6.07, 6.45) is 8.38. The first-order valence-electron chi connectivity index (χ1n) is 6.58. The molecular formula is C14H19BrN4. The first kappa shape index (κ1) is 14.2. The third-order valence-corrected chi connectivity index (χ3v) is 3.70. The van der Waals surface area contributed by atoms with E-state index in [2.05, 4.69) is 39.0 Å². The third-order valence-electron chi connectivity index (χ3n) is 3.09. The van der Waals surface area contributed by atoms with Gasteiger partial charge < -0.3 is 5.73 Å². The molecule has 0 saturated carbocycles. The van der Waals surface area contributed by atoms with Crippen LogP contribution in [0.4, 0.5) is 0 Å². The lowest BCUT2D eigenvalue weighted by atomic mass is 10.0. The molecule has 1 unspecified atom stereocenters. The average molecular weight is 323 g/mol. The number of aryl methyl sites for hydroxylation is 2. The van der Waals surface area contributed by atoms with Gasteiger partial charge in [-0.2, -0.15) is 5.10 Å². The summed E-state index contributed by atoms with van der Waals surface area (Å²) in [4.78, 5) is 4.12. The van der Waals surface area contributed by atoms with Gasteiger partial charge in [0.2, 0.25) is 0 Å². The zero-order chi connectivity index (χ0) is 13.7. The average Bonchev–Trinajstić information content (AvgIpc) is 2.79. The lowest BCUT2D eigenvalue weighted by Crippen LogP contribution is -2.17. The van der Waals surface area contributed by atoms with E-state index in [-0.39, 0.29) is 6.04 Å². The summed E-state index contributed by atoms with van der Waals surface area (Å²) in [5.74, 6) is 0. The Balaban J connectivity index is 2.03. The molecule has 0 aliphatic heterocycles. The maximum Gasteiger partial charge on any atom is 0.0693 e. The van der Waals surface area contributed by atoms with Gasteiger partial charge in [-0.05, 0) is 46.8 Å². The molecule has 0 aromatic carbocycles. The fraction of sp³-hybridized carbons (Fsp3) is 0.429. The van der Waals surface area contributed by atoms with Crippen LogP contribution in [0.1, 0.15) is 37.1 Å². The van der Waals surface area contributed by atoms with Crippen LogP contribution in [-0.2, 0) is 13.0 Å². The Morgan fingerprint density at radius 1 is 1.42 bits per heavy atom. The van der Waals surface area contributed by atoms with Gasteiger partial charge in [-0.25, -0.2) is 0 Å². The quantitative estimate of drug-likeness (QED) is 0.889. The van der Waals surface area contributed by atoms with Crippen LogP contribution < -0.4 is 5.73 Å². The molecule has 0 amide bonds. The molecule has 2 aromatic heterocycles. The Morgan fingerprint density at radius 2 is 2.26 bits per heavy atom. The van der Waals surface area contributed by atoms with Crippen molar-refractivity contribution < 1.29 is 0 Å². The molecule has 0 radical (unpaired) electrons. The highest BCUT2D eigenvalue weighted by Crippen LogP contribution is 2.25. The van der Waals surface area contributed by atoms with Crippen LogP contribution in [0.2, 0.25) is 0 Å². The maximum absolute atomic E-state index is 6.31. The molecular weight excluding hydrogens is 304 g/mol. The van der Waals surface area contributed by atoms with Crippen molar-refractivity contribution >= 4 is 15.9 Å². The number of hydrogen-bond donors (Lipinski definition) is 1. The van der Waals surface area contributed by atoms with Gasteiger partial charge in [-0.15, -0.1) is 0 Å². The van der Waals surface area contributed by atoms with E-state index in [1.165, 1.54) is 5.56 Å². The van der Waals surface area contributed by atoms with Crippen molar-refractivity contribution in [3.8, 4) is 0 Å². The van der Waals surface area contributed by atoms with Crippen LogP contribution in [-0.4, -0.2) is 14.8 Å². The number of nitrogens with two attached hydrogens (primary N) is 1. The van der Waals surface area contributed by atoms with E-state index in [4.69, 9.17) is 5.73 Å². The van der Waals surface area contributed by atoms with Crippen LogP contribution >= 0.6 is 15.9 Å². The minimum Gasteiger partial charge on any atom is -0.323 e. The summed E-state index contributed by atoms with van der Waals surface area (Å²) in [5.41, 5.74) is 8.61. The van der Waals surface area contributed by atoms with Crippen molar-refractivity contribution in [2.24, 2.45) is 5.73 Å². The van der Waals surface area contributed by atoms with E-state index in [1.54, 1.807) is 6.20 Å². The molecule has 0 fully saturated rings. The van der Waals surface area contributed by atoms with Gasteiger partial charge in [0, 0.05) is 25.0 Å². The molecule has 102 valence electrons. The van der Waals surface area contributed by atoms with Crippen LogP contribution in [0, 0.1) is 0 Å². The number of nitrogens with zero attached hydrogens (tertiary/aromatic N) is 3. The topological polar surface area (TPSA) is 56.7 Å². The van der Waals surface area contributed by atoms with Crippen molar-refractivity contribution in [1.29, 1.82) is 0 Å². The number of halogens is 1. The number of hydrogen-bond acceptors (Lipinski definition) is 3. The Morgan fingerprint density at radius 3 is 2.95 bits per heavy atom. The molecule has 2 rings (SSSR count). The summed E-state index contributed by atoms with van der Waals surface area (Å²) in [6, 6.07) is 4.03. The van der Waals surface area contributed by atoms with Gasteiger partial charge in [0.05, 0.1) is 16.4 Å². The molecule has 0 aliphatic rings. The lowest BCUT2D eigenvalue weighted by Gasteiger charge is -2.14. The smallest absolute Gasteiger partial charge is 0.0693 e. The predicted octanol–water partition coefficient (Wildman–Crippen LogP) is 3.08. The summed E-state index contributed by atoms with van der Waals surface area (Å²) in [6.45, 7) is 3.04. The summed E-state index contributed by atoms with van der Waals surface area (Å²) in [7, 11) is 0. The first-order valence-corrected chi connectivity index (χ1v) is 7.37. The molecule has 19 heavy (non-hydrogen) atoms. The maximum atomic E-state index is 6.31. The Bertz CT molecular complexity index is 509.